The Hall–Kier alpha value is -2.38. The zero-order chi connectivity index (χ0) is 12.6. The van der Waals surface area contributed by atoms with Gasteiger partial charge in [-0.1, -0.05) is 0 Å². The van der Waals surface area contributed by atoms with Gasteiger partial charge in [0, 0.05) is 12.2 Å². The van der Waals surface area contributed by atoms with Gasteiger partial charge in [-0.15, -0.1) is 0 Å². The normalized spacial score (nSPS) is 14.5. The van der Waals surface area contributed by atoms with Crippen molar-refractivity contribution in [3.05, 3.63) is 12.2 Å². The Morgan fingerprint density at radius 1 is 0.938 bits per heavy atom. The Kier molecular flexibility index (Phi) is 5.95. The van der Waals surface area contributed by atoms with Gasteiger partial charge in [-0.3, -0.25) is 9.59 Å². The van der Waals surface area contributed by atoms with Crippen LogP contribution in [-0.4, -0.2) is 47.1 Å². The Labute approximate surface area is 89.9 Å². The number of aliphatic carboxylic acids is 2. The van der Waals surface area contributed by atoms with E-state index in [4.69, 9.17) is 10.2 Å². The topological polar surface area (TPSA) is 133 Å². The maximum atomic E-state index is 10.3. The highest BCUT2D eigenvalue weighted by Crippen LogP contribution is 1.73. The van der Waals surface area contributed by atoms with E-state index >= 15 is 0 Å². The molecule has 0 radical (unpaired) electrons. The summed E-state index contributed by atoms with van der Waals surface area (Å²) in [6, 6.07) is 0. The summed E-state index contributed by atoms with van der Waals surface area (Å²) in [5.74, 6) is -2.76. The van der Waals surface area contributed by atoms with Crippen molar-refractivity contribution in [2.24, 2.45) is 0 Å². The highest BCUT2D eigenvalue weighted by atomic mass is 16.4. The number of hydrogen-bond donors (Lipinski definition) is 4. The summed E-state index contributed by atoms with van der Waals surface area (Å²) in [5.41, 5.74) is 0. The number of carboxylic acids is 2. The van der Waals surface area contributed by atoms with Crippen molar-refractivity contribution in [1.82, 2.24) is 10.6 Å². The van der Waals surface area contributed by atoms with Gasteiger partial charge in [0.2, 0.25) is 11.8 Å². The summed E-state index contributed by atoms with van der Waals surface area (Å²) in [4.78, 5) is 39.7. The molecule has 1 aliphatic heterocycles. The van der Waals surface area contributed by atoms with Crippen molar-refractivity contribution in [3.8, 4) is 0 Å². The predicted octanol–water partition coefficient (Wildman–Crippen LogP) is -2.06. The first-order valence-electron chi connectivity index (χ1n) is 4.09. The lowest BCUT2D eigenvalue weighted by Gasteiger charge is -2.10. The molecule has 0 atom stereocenters. The molecule has 0 spiro atoms. The fraction of sp³-hybridized carbons (Fsp3) is 0.250. The van der Waals surface area contributed by atoms with E-state index < -0.39 is 11.9 Å². The Balaban J connectivity index is 0.000000281. The van der Waals surface area contributed by atoms with Gasteiger partial charge in [0.25, 0.3) is 0 Å². The number of carbonyl (C=O) groups is 4. The SMILES string of the molecule is O=C(O)/C=C/C(=O)O.O=C1CNC(=O)CN1. The van der Waals surface area contributed by atoms with Gasteiger partial charge in [0.15, 0.2) is 0 Å². The van der Waals surface area contributed by atoms with Crippen LogP contribution in [0.2, 0.25) is 0 Å². The molecule has 16 heavy (non-hydrogen) atoms. The Morgan fingerprint density at radius 2 is 1.25 bits per heavy atom. The van der Waals surface area contributed by atoms with Crippen molar-refractivity contribution in [3.63, 3.8) is 0 Å². The van der Waals surface area contributed by atoms with Crippen LogP contribution in [0.15, 0.2) is 12.2 Å². The highest BCUT2D eigenvalue weighted by molar-refractivity contribution is 5.92. The van der Waals surface area contributed by atoms with Crippen molar-refractivity contribution < 1.29 is 29.4 Å². The molecule has 1 rings (SSSR count). The molecule has 0 bridgehead atoms. The van der Waals surface area contributed by atoms with Crippen LogP contribution in [0.3, 0.4) is 0 Å². The largest absolute Gasteiger partial charge is 0.478 e. The van der Waals surface area contributed by atoms with E-state index in [2.05, 4.69) is 10.6 Å². The van der Waals surface area contributed by atoms with Gasteiger partial charge in [-0.25, -0.2) is 9.59 Å². The average Bonchev–Trinajstić information content (AvgIpc) is 2.20. The molecule has 0 aliphatic carbocycles. The maximum absolute atomic E-state index is 10.3. The van der Waals surface area contributed by atoms with E-state index in [1.165, 1.54) is 0 Å². The first-order chi connectivity index (χ1) is 7.41. The molecule has 0 aromatic heterocycles. The lowest BCUT2D eigenvalue weighted by molar-refractivity contribution is -0.134. The van der Waals surface area contributed by atoms with Crippen LogP contribution in [0.4, 0.5) is 0 Å². The van der Waals surface area contributed by atoms with Gasteiger partial charge < -0.3 is 20.8 Å². The molecule has 1 aliphatic rings. The van der Waals surface area contributed by atoms with Crippen LogP contribution in [-0.2, 0) is 19.2 Å². The van der Waals surface area contributed by atoms with Crippen LogP contribution in [0, 0.1) is 0 Å². The number of carboxylic acid groups (broad SMARTS) is 2. The zero-order valence-electron chi connectivity index (χ0n) is 8.10. The number of carbonyl (C=O) groups excluding carboxylic acids is 2. The van der Waals surface area contributed by atoms with Crippen LogP contribution in [0.25, 0.3) is 0 Å². The van der Waals surface area contributed by atoms with Gasteiger partial charge in [0.05, 0.1) is 13.1 Å². The summed E-state index contributed by atoms with van der Waals surface area (Å²) in [7, 11) is 0. The first kappa shape index (κ1) is 13.6. The summed E-state index contributed by atoms with van der Waals surface area (Å²) >= 11 is 0. The summed E-state index contributed by atoms with van der Waals surface area (Å²) in [6.07, 6.45) is 1.12. The van der Waals surface area contributed by atoms with Crippen LogP contribution in [0.1, 0.15) is 0 Å². The molecule has 8 nitrogen and oxygen atoms in total. The van der Waals surface area contributed by atoms with E-state index in [9.17, 15) is 19.2 Å². The first-order valence-corrected chi connectivity index (χ1v) is 4.09. The van der Waals surface area contributed by atoms with Crippen molar-refractivity contribution in [1.29, 1.82) is 0 Å². The second-order valence-corrected chi connectivity index (χ2v) is 2.56. The van der Waals surface area contributed by atoms with E-state index in [1.807, 2.05) is 0 Å². The predicted molar refractivity (Wildman–Crippen MR) is 50.4 cm³/mol. The van der Waals surface area contributed by atoms with Gasteiger partial charge in [-0.2, -0.15) is 0 Å². The van der Waals surface area contributed by atoms with Gasteiger partial charge in [0.1, 0.15) is 0 Å². The highest BCUT2D eigenvalue weighted by Gasteiger charge is 2.11. The van der Waals surface area contributed by atoms with Crippen molar-refractivity contribution in [2.45, 2.75) is 0 Å². The Morgan fingerprint density at radius 3 is 1.44 bits per heavy atom. The quantitative estimate of drug-likeness (QED) is 0.403. The number of rotatable bonds is 2. The van der Waals surface area contributed by atoms with Gasteiger partial charge in [-0.05, 0) is 0 Å². The number of hydrogen-bond acceptors (Lipinski definition) is 4. The monoisotopic (exact) mass is 230 g/mol. The molecular weight excluding hydrogens is 220 g/mol. The number of piperazine rings is 1. The standard InChI is InChI=1S/C4H6N2O2.C4H4O4/c7-3-1-5-4(8)2-6-3;5-3(6)1-2-4(7)8/h1-2H2,(H,5,8)(H,6,7);1-2H,(H,5,6)(H,7,8)/b;2-1+. The lowest BCUT2D eigenvalue weighted by atomic mass is 10.4. The number of nitrogens with one attached hydrogen (secondary N) is 2. The minimum absolute atomic E-state index is 0.121. The Bertz CT molecular complexity index is 291. The van der Waals surface area contributed by atoms with Crippen LogP contribution < -0.4 is 10.6 Å². The zero-order valence-corrected chi connectivity index (χ0v) is 8.10. The van der Waals surface area contributed by atoms with Crippen LogP contribution >= 0.6 is 0 Å². The second kappa shape index (κ2) is 6.98. The molecule has 1 saturated heterocycles. The third kappa shape index (κ3) is 8.23. The molecule has 0 saturated carbocycles. The molecule has 1 heterocycles. The molecule has 0 aromatic rings. The van der Waals surface area contributed by atoms with E-state index in [0.717, 1.165) is 0 Å². The third-order valence-corrected chi connectivity index (χ3v) is 1.26. The van der Waals surface area contributed by atoms with Crippen molar-refractivity contribution in [2.75, 3.05) is 13.1 Å². The summed E-state index contributed by atoms with van der Waals surface area (Å²) in [5, 5.41) is 20.4. The molecular formula is C8H10N2O6. The molecule has 88 valence electrons. The van der Waals surface area contributed by atoms with Crippen LogP contribution in [0.5, 0.6) is 0 Å². The minimum Gasteiger partial charge on any atom is -0.478 e. The summed E-state index contributed by atoms with van der Waals surface area (Å²) < 4.78 is 0. The minimum atomic E-state index is -1.26. The summed E-state index contributed by atoms with van der Waals surface area (Å²) in [6.45, 7) is 0.248. The van der Waals surface area contributed by atoms with E-state index in [0.29, 0.717) is 12.2 Å². The number of amides is 2. The molecule has 1 fully saturated rings. The lowest BCUT2D eigenvalue weighted by Crippen LogP contribution is -2.48. The van der Waals surface area contributed by atoms with Crippen molar-refractivity contribution >= 4 is 23.8 Å². The molecule has 0 unspecified atom stereocenters. The van der Waals surface area contributed by atoms with E-state index in [1.54, 1.807) is 0 Å². The fourth-order valence-electron chi connectivity index (χ4n) is 0.625. The molecule has 2 amide bonds. The fourth-order valence-corrected chi connectivity index (χ4v) is 0.625. The maximum Gasteiger partial charge on any atom is 0.328 e. The molecule has 4 N–H and O–H groups in total. The van der Waals surface area contributed by atoms with Gasteiger partial charge >= 0.3 is 11.9 Å². The average molecular weight is 230 g/mol. The van der Waals surface area contributed by atoms with E-state index in [-0.39, 0.29) is 24.9 Å². The second-order valence-electron chi connectivity index (χ2n) is 2.56. The molecule has 0 aromatic carbocycles. The molecule has 8 heteroatoms. The smallest absolute Gasteiger partial charge is 0.328 e. The third-order valence-electron chi connectivity index (χ3n) is 1.26.